The minimum absolute atomic E-state index is 0.0367. The molecule has 0 spiro atoms. The molecule has 16 heavy (non-hydrogen) atoms. The van der Waals surface area contributed by atoms with Gasteiger partial charge in [-0.2, -0.15) is 0 Å². The van der Waals surface area contributed by atoms with E-state index < -0.39 is 5.97 Å². The van der Waals surface area contributed by atoms with E-state index >= 15 is 0 Å². The number of carbonyl (C=O) groups is 1. The summed E-state index contributed by atoms with van der Waals surface area (Å²) in [6.45, 7) is 1.99. The maximum absolute atomic E-state index is 10.5. The molecule has 0 heterocycles. The Morgan fingerprint density at radius 2 is 2.31 bits per heavy atom. The summed E-state index contributed by atoms with van der Waals surface area (Å²) in [6, 6.07) is 7.56. The van der Waals surface area contributed by atoms with Gasteiger partial charge in [0.15, 0.2) is 0 Å². The highest BCUT2D eigenvalue weighted by molar-refractivity contribution is 9.10. The first-order valence-corrected chi connectivity index (χ1v) is 6.05. The maximum atomic E-state index is 10.5. The molecule has 1 aromatic carbocycles. The molecule has 0 saturated carbocycles. The Morgan fingerprint density at radius 1 is 1.56 bits per heavy atom. The molecule has 0 aromatic heterocycles. The molecule has 1 atom stereocenters. The van der Waals surface area contributed by atoms with Gasteiger partial charge in [-0.05, 0) is 31.0 Å². The zero-order valence-corrected chi connectivity index (χ0v) is 10.7. The van der Waals surface area contributed by atoms with Crippen LogP contribution in [0, 0.1) is 0 Å². The van der Waals surface area contributed by atoms with Crippen molar-refractivity contribution in [3.63, 3.8) is 0 Å². The van der Waals surface area contributed by atoms with Crippen molar-refractivity contribution in [1.82, 2.24) is 0 Å². The summed E-state index contributed by atoms with van der Waals surface area (Å²) in [5, 5.41) is 8.61. The van der Waals surface area contributed by atoms with E-state index in [1.807, 2.05) is 31.2 Å². The molecule has 0 fully saturated rings. The number of rotatable bonds is 6. The molecule has 0 bridgehead atoms. The van der Waals surface area contributed by atoms with Gasteiger partial charge in [0.1, 0.15) is 5.75 Å². The van der Waals surface area contributed by atoms with Gasteiger partial charge in [0.25, 0.3) is 0 Å². The standard InChI is InChI=1S/C12H15BrO3/c1-2-10(6-7-12(14)15)16-11-5-3-4-9(13)8-11/h3-5,8,10H,2,6-7H2,1H3,(H,14,15). The van der Waals surface area contributed by atoms with E-state index in [4.69, 9.17) is 9.84 Å². The topological polar surface area (TPSA) is 46.5 Å². The smallest absolute Gasteiger partial charge is 0.303 e. The van der Waals surface area contributed by atoms with Crippen molar-refractivity contribution in [2.24, 2.45) is 0 Å². The van der Waals surface area contributed by atoms with Crippen LogP contribution in [0.2, 0.25) is 0 Å². The van der Waals surface area contributed by atoms with Crippen molar-refractivity contribution >= 4 is 21.9 Å². The van der Waals surface area contributed by atoms with Gasteiger partial charge in [-0.3, -0.25) is 4.79 Å². The molecule has 1 N–H and O–H groups in total. The van der Waals surface area contributed by atoms with Crippen LogP contribution in [-0.2, 0) is 4.79 Å². The lowest BCUT2D eigenvalue weighted by atomic mass is 10.1. The summed E-state index contributed by atoms with van der Waals surface area (Å²) in [6.07, 6.45) is 1.45. The second-order valence-corrected chi connectivity index (χ2v) is 4.45. The highest BCUT2D eigenvalue weighted by Crippen LogP contribution is 2.20. The van der Waals surface area contributed by atoms with Crippen LogP contribution < -0.4 is 4.74 Å². The molecule has 1 rings (SSSR count). The molecule has 4 heteroatoms. The Kier molecular flexibility index (Phi) is 5.32. The number of ether oxygens (including phenoxy) is 1. The van der Waals surface area contributed by atoms with Crippen LogP contribution >= 0.6 is 15.9 Å². The Bertz CT molecular complexity index is 352. The van der Waals surface area contributed by atoms with Crippen LogP contribution in [0.4, 0.5) is 0 Å². The van der Waals surface area contributed by atoms with Gasteiger partial charge < -0.3 is 9.84 Å². The van der Waals surface area contributed by atoms with Gasteiger partial charge in [-0.15, -0.1) is 0 Å². The van der Waals surface area contributed by atoms with Crippen LogP contribution in [0.3, 0.4) is 0 Å². The number of hydrogen-bond donors (Lipinski definition) is 1. The summed E-state index contributed by atoms with van der Waals surface area (Å²) >= 11 is 3.36. The Balaban J connectivity index is 2.52. The second kappa shape index (κ2) is 6.53. The van der Waals surface area contributed by atoms with Crippen LogP contribution in [0.1, 0.15) is 26.2 Å². The molecule has 0 aliphatic heterocycles. The van der Waals surface area contributed by atoms with Crippen molar-refractivity contribution in [2.75, 3.05) is 0 Å². The van der Waals surface area contributed by atoms with Gasteiger partial charge in [0, 0.05) is 10.9 Å². The van der Waals surface area contributed by atoms with Crippen molar-refractivity contribution in [2.45, 2.75) is 32.3 Å². The number of halogens is 1. The van der Waals surface area contributed by atoms with Crippen molar-refractivity contribution in [3.05, 3.63) is 28.7 Å². The van der Waals surface area contributed by atoms with Crippen LogP contribution in [0.15, 0.2) is 28.7 Å². The van der Waals surface area contributed by atoms with E-state index in [1.54, 1.807) is 0 Å². The second-order valence-electron chi connectivity index (χ2n) is 3.54. The SMILES string of the molecule is CCC(CCC(=O)O)Oc1cccc(Br)c1. The fourth-order valence-corrected chi connectivity index (χ4v) is 1.74. The molecule has 1 unspecified atom stereocenters. The molecule has 1 aromatic rings. The van der Waals surface area contributed by atoms with Crippen molar-refractivity contribution in [1.29, 1.82) is 0 Å². The zero-order chi connectivity index (χ0) is 12.0. The number of hydrogen-bond acceptors (Lipinski definition) is 2. The monoisotopic (exact) mass is 286 g/mol. The van der Waals surface area contributed by atoms with E-state index in [0.29, 0.717) is 6.42 Å². The molecule has 88 valence electrons. The average molecular weight is 287 g/mol. The fourth-order valence-electron chi connectivity index (χ4n) is 1.36. The molecule has 0 saturated heterocycles. The molecule has 0 aliphatic carbocycles. The van der Waals surface area contributed by atoms with E-state index in [9.17, 15) is 4.79 Å². The molecule has 3 nitrogen and oxygen atoms in total. The average Bonchev–Trinajstić information content (AvgIpc) is 2.24. The first-order chi connectivity index (χ1) is 7.61. The van der Waals surface area contributed by atoms with Gasteiger partial charge in [-0.1, -0.05) is 28.9 Å². The fraction of sp³-hybridized carbons (Fsp3) is 0.417. The van der Waals surface area contributed by atoms with Gasteiger partial charge in [0.2, 0.25) is 0 Å². The van der Waals surface area contributed by atoms with Crippen LogP contribution in [0.5, 0.6) is 5.75 Å². The predicted octanol–water partition coefficient (Wildman–Crippen LogP) is 3.47. The quantitative estimate of drug-likeness (QED) is 0.871. The van der Waals surface area contributed by atoms with Gasteiger partial charge in [0.05, 0.1) is 6.10 Å². The predicted molar refractivity (Wildman–Crippen MR) is 65.7 cm³/mol. The summed E-state index contributed by atoms with van der Waals surface area (Å²) < 4.78 is 6.66. The molecule has 0 aliphatic rings. The first kappa shape index (κ1) is 13.0. The third-order valence-corrected chi connectivity index (χ3v) is 2.73. The minimum Gasteiger partial charge on any atom is -0.490 e. The van der Waals surface area contributed by atoms with Crippen LogP contribution in [0.25, 0.3) is 0 Å². The molecular weight excluding hydrogens is 272 g/mol. The third-order valence-electron chi connectivity index (χ3n) is 2.23. The minimum atomic E-state index is -0.781. The summed E-state index contributed by atoms with van der Waals surface area (Å²) in [5.74, 6) is -0.0112. The van der Waals surface area contributed by atoms with Crippen molar-refractivity contribution in [3.8, 4) is 5.75 Å². The first-order valence-electron chi connectivity index (χ1n) is 5.26. The molecule has 0 amide bonds. The van der Waals surface area contributed by atoms with Crippen LogP contribution in [-0.4, -0.2) is 17.2 Å². The molecular formula is C12H15BrO3. The maximum Gasteiger partial charge on any atom is 0.303 e. The zero-order valence-electron chi connectivity index (χ0n) is 9.15. The van der Waals surface area contributed by atoms with E-state index in [2.05, 4.69) is 15.9 Å². The van der Waals surface area contributed by atoms with Gasteiger partial charge >= 0.3 is 5.97 Å². The number of benzene rings is 1. The number of carboxylic acids is 1. The largest absolute Gasteiger partial charge is 0.490 e. The normalized spacial score (nSPS) is 12.1. The third kappa shape index (κ3) is 4.66. The highest BCUT2D eigenvalue weighted by Gasteiger charge is 2.10. The number of carboxylic acid groups (broad SMARTS) is 1. The van der Waals surface area contributed by atoms with E-state index in [1.165, 1.54) is 0 Å². The van der Waals surface area contributed by atoms with Gasteiger partial charge in [-0.25, -0.2) is 0 Å². The summed E-state index contributed by atoms with van der Waals surface area (Å²) in [5.41, 5.74) is 0. The summed E-state index contributed by atoms with van der Waals surface area (Å²) in [7, 11) is 0. The van der Waals surface area contributed by atoms with E-state index in [-0.39, 0.29) is 12.5 Å². The lowest BCUT2D eigenvalue weighted by molar-refractivity contribution is -0.137. The Labute approximate surface area is 104 Å². The molecule has 0 radical (unpaired) electrons. The van der Waals surface area contributed by atoms with Crippen molar-refractivity contribution < 1.29 is 14.6 Å². The lowest BCUT2D eigenvalue weighted by Gasteiger charge is -2.16. The Hall–Kier alpha value is -1.03. The highest BCUT2D eigenvalue weighted by atomic mass is 79.9. The summed E-state index contributed by atoms with van der Waals surface area (Å²) in [4.78, 5) is 10.5. The number of aliphatic carboxylic acids is 1. The van der Waals surface area contributed by atoms with E-state index in [0.717, 1.165) is 16.6 Å². The lowest BCUT2D eigenvalue weighted by Crippen LogP contribution is -2.16. The Morgan fingerprint density at radius 3 is 2.88 bits per heavy atom.